The second-order valence-corrected chi connectivity index (χ2v) is 7.27. The molecule has 0 heterocycles. The Bertz CT molecular complexity index is 678. The van der Waals surface area contributed by atoms with Crippen LogP contribution in [0, 0.1) is 0 Å². The van der Waals surface area contributed by atoms with E-state index in [-0.39, 0.29) is 11.5 Å². The Morgan fingerprint density at radius 1 is 0.929 bits per heavy atom. The van der Waals surface area contributed by atoms with E-state index in [0.29, 0.717) is 18.2 Å². The quantitative estimate of drug-likeness (QED) is 0.309. The molecule has 0 aliphatic carbocycles. The zero-order valence-corrected chi connectivity index (χ0v) is 16.7. The number of hydrogen-bond donors (Lipinski definition) is 4. The summed E-state index contributed by atoms with van der Waals surface area (Å²) in [6, 6.07) is 15.1. The molecule has 0 bridgehead atoms. The monoisotopic (exact) mass is 387 g/mol. The number of ether oxygens (including phenoxy) is 1. The van der Waals surface area contributed by atoms with Gasteiger partial charge in [-0.25, -0.2) is 0 Å². The number of aliphatic hydroxyl groups excluding tert-OH is 1. The lowest BCUT2D eigenvalue weighted by Crippen LogP contribution is -2.30. The van der Waals surface area contributed by atoms with E-state index in [1.165, 1.54) is 17.7 Å². The molecule has 0 aliphatic rings. The fourth-order valence-electron chi connectivity index (χ4n) is 3.05. The first kappa shape index (κ1) is 22.2. The molecule has 2 unspecified atom stereocenters. The van der Waals surface area contributed by atoms with Gasteiger partial charge in [-0.3, -0.25) is 0 Å². The molecular weight excluding hydrogens is 354 g/mol. The SMILES string of the molecule is CC(CCCCCOCCc1ccccc1)NCC(O)c1ccc(O)c(O)c1. The van der Waals surface area contributed by atoms with Gasteiger partial charge in [0.15, 0.2) is 11.5 Å². The fraction of sp³-hybridized carbons (Fsp3) is 0.478. The Kier molecular flexibility index (Phi) is 9.83. The number of benzene rings is 2. The summed E-state index contributed by atoms with van der Waals surface area (Å²) in [5.41, 5.74) is 1.90. The van der Waals surface area contributed by atoms with Gasteiger partial charge in [-0.2, -0.15) is 0 Å². The second kappa shape index (κ2) is 12.4. The summed E-state index contributed by atoms with van der Waals surface area (Å²) in [6.07, 6.45) is 4.60. The van der Waals surface area contributed by atoms with Gasteiger partial charge in [-0.15, -0.1) is 0 Å². The van der Waals surface area contributed by atoms with Crippen LogP contribution in [-0.2, 0) is 11.2 Å². The van der Waals surface area contributed by atoms with Gasteiger partial charge in [0.25, 0.3) is 0 Å². The summed E-state index contributed by atoms with van der Waals surface area (Å²) in [4.78, 5) is 0. The summed E-state index contributed by atoms with van der Waals surface area (Å²) in [6.45, 7) is 4.09. The van der Waals surface area contributed by atoms with E-state index in [4.69, 9.17) is 4.74 Å². The topological polar surface area (TPSA) is 82.0 Å². The summed E-state index contributed by atoms with van der Waals surface area (Å²) in [5.74, 6) is -0.392. The Hall–Kier alpha value is -2.08. The summed E-state index contributed by atoms with van der Waals surface area (Å²) in [7, 11) is 0. The van der Waals surface area contributed by atoms with Gasteiger partial charge in [-0.05, 0) is 49.4 Å². The van der Waals surface area contributed by atoms with Gasteiger partial charge in [-0.1, -0.05) is 49.2 Å². The minimum Gasteiger partial charge on any atom is -0.504 e. The molecule has 0 saturated carbocycles. The van der Waals surface area contributed by atoms with Gasteiger partial charge in [0.1, 0.15) is 0 Å². The van der Waals surface area contributed by atoms with Crippen molar-refractivity contribution in [2.24, 2.45) is 0 Å². The molecule has 2 rings (SSSR count). The molecule has 2 aromatic carbocycles. The first-order valence-corrected chi connectivity index (χ1v) is 10.1. The zero-order chi connectivity index (χ0) is 20.2. The highest BCUT2D eigenvalue weighted by Gasteiger charge is 2.11. The van der Waals surface area contributed by atoms with Gasteiger partial charge >= 0.3 is 0 Å². The van der Waals surface area contributed by atoms with Gasteiger partial charge in [0, 0.05) is 19.2 Å². The van der Waals surface area contributed by atoms with E-state index >= 15 is 0 Å². The molecule has 5 heteroatoms. The number of aliphatic hydroxyl groups is 1. The molecule has 0 spiro atoms. The average Bonchev–Trinajstić information content (AvgIpc) is 2.71. The summed E-state index contributed by atoms with van der Waals surface area (Å²) in [5, 5.41) is 32.3. The van der Waals surface area contributed by atoms with E-state index < -0.39 is 6.10 Å². The van der Waals surface area contributed by atoms with Gasteiger partial charge in [0.05, 0.1) is 12.7 Å². The minimum atomic E-state index is -0.716. The number of phenolic OH excluding ortho intramolecular Hbond substituents is 2. The van der Waals surface area contributed by atoms with Crippen LogP contribution >= 0.6 is 0 Å². The first-order valence-electron chi connectivity index (χ1n) is 10.1. The Morgan fingerprint density at radius 3 is 2.46 bits per heavy atom. The number of unbranched alkanes of at least 4 members (excludes halogenated alkanes) is 2. The number of hydrogen-bond acceptors (Lipinski definition) is 5. The lowest BCUT2D eigenvalue weighted by atomic mass is 10.1. The normalized spacial score (nSPS) is 13.4. The lowest BCUT2D eigenvalue weighted by molar-refractivity contribution is 0.132. The van der Waals surface area contributed by atoms with Crippen molar-refractivity contribution in [3.05, 3.63) is 59.7 Å². The Morgan fingerprint density at radius 2 is 1.71 bits per heavy atom. The third-order valence-electron chi connectivity index (χ3n) is 4.85. The van der Waals surface area contributed by atoms with Crippen molar-refractivity contribution >= 4 is 0 Å². The van der Waals surface area contributed by atoms with Crippen molar-refractivity contribution in [3.63, 3.8) is 0 Å². The number of rotatable bonds is 13. The third-order valence-corrected chi connectivity index (χ3v) is 4.85. The fourth-order valence-corrected chi connectivity index (χ4v) is 3.05. The van der Waals surface area contributed by atoms with Crippen molar-refractivity contribution in [2.75, 3.05) is 19.8 Å². The highest BCUT2D eigenvalue weighted by atomic mass is 16.5. The van der Waals surface area contributed by atoms with Crippen molar-refractivity contribution in [1.29, 1.82) is 0 Å². The maximum atomic E-state index is 10.2. The van der Waals surface area contributed by atoms with E-state index in [0.717, 1.165) is 45.3 Å². The second-order valence-electron chi connectivity index (χ2n) is 7.27. The molecule has 0 saturated heterocycles. The lowest BCUT2D eigenvalue weighted by Gasteiger charge is -2.17. The molecule has 2 aromatic rings. The van der Waals surface area contributed by atoms with Crippen LogP contribution in [0.3, 0.4) is 0 Å². The number of nitrogens with one attached hydrogen (secondary N) is 1. The maximum absolute atomic E-state index is 10.2. The molecule has 0 aliphatic heterocycles. The highest BCUT2D eigenvalue weighted by molar-refractivity contribution is 5.41. The molecule has 0 aromatic heterocycles. The predicted octanol–water partition coefficient (Wildman–Crippen LogP) is 3.93. The molecule has 0 amide bonds. The smallest absolute Gasteiger partial charge is 0.157 e. The van der Waals surface area contributed by atoms with Crippen molar-refractivity contribution in [2.45, 2.75) is 51.2 Å². The van der Waals surface area contributed by atoms with Gasteiger partial charge in [0.2, 0.25) is 0 Å². The number of aromatic hydroxyl groups is 2. The summed E-state index contributed by atoms with van der Waals surface area (Å²) >= 11 is 0. The van der Waals surface area contributed by atoms with Crippen LogP contribution in [0.2, 0.25) is 0 Å². The molecule has 28 heavy (non-hydrogen) atoms. The Balaban J connectivity index is 1.48. The molecule has 2 atom stereocenters. The number of phenols is 2. The van der Waals surface area contributed by atoms with Crippen molar-refractivity contribution in [1.82, 2.24) is 5.32 Å². The van der Waals surface area contributed by atoms with Crippen LogP contribution in [0.4, 0.5) is 0 Å². The van der Waals surface area contributed by atoms with Gasteiger partial charge < -0.3 is 25.4 Å². The van der Waals surface area contributed by atoms with Crippen LogP contribution < -0.4 is 5.32 Å². The van der Waals surface area contributed by atoms with Crippen LogP contribution in [0.25, 0.3) is 0 Å². The van der Waals surface area contributed by atoms with Crippen LogP contribution in [-0.4, -0.2) is 41.1 Å². The first-order chi connectivity index (χ1) is 13.6. The summed E-state index contributed by atoms with van der Waals surface area (Å²) < 4.78 is 5.70. The zero-order valence-electron chi connectivity index (χ0n) is 16.7. The molecule has 154 valence electrons. The molecular formula is C23H33NO4. The van der Waals surface area contributed by atoms with Crippen LogP contribution in [0.15, 0.2) is 48.5 Å². The molecule has 0 fully saturated rings. The van der Waals surface area contributed by atoms with E-state index in [2.05, 4.69) is 36.5 Å². The maximum Gasteiger partial charge on any atom is 0.157 e. The van der Waals surface area contributed by atoms with Crippen LogP contribution in [0.1, 0.15) is 49.8 Å². The molecule has 0 radical (unpaired) electrons. The highest BCUT2D eigenvalue weighted by Crippen LogP contribution is 2.27. The largest absolute Gasteiger partial charge is 0.504 e. The third kappa shape index (κ3) is 8.30. The standard InChI is InChI=1S/C23H33NO4/c1-18(24-17-23(27)20-11-12-21(25)22(26)16-20)8-4-3-7-14-28-15-13-19-9-5-2-6-10-19/h2,5-6,9-12,16,18,23-27H,3-4,7-8,13-15,17H2,1H3. The van der Waals surface area contributed by atoms with Crippen molar-refractivity contribution in [3.8, 4) is 11.5 Å². The van der Waals surface area contributed by atoms with E-state index in [1.54, 1.807) is 6.07 Å². The average molecular weight is 388 g/mol. The van der Waals surface area contributed by atoms with Crippen LogP contribution in [0.5, 0.6) is 11.5 Å². The van der Waals surface area contributed by atoms with E-state index in [1.807, 2.05) is 6.07 Å². The van der Waals surface area contributed by atoms with E-state index in [9.17, 15) is 15.3 Å². The predicted molar refractivity (Wildman–Crippen MR) is 112 cm³/mol. The van der Waals surface area contributed by atoms with Crippen molar-refractivity contribution < 1.29 is 20.1 Å². The molecule has 4 N–H and O–H groups in total. The molecule has 5 nitrogen and oxygen atoms in total. The minimum absolute atomic E-state index is 0.179. The Labute approximate surface area is 168 Å².